The van der Waals surface area contributed by atoms with Gasteiger partial charge in [0.25, 0.3) is 5.91 Å². The normalized spacial score (nSPS) is 20.1. The van der Waals surface area contributed by atoms with Gasteiger partial charge < -0.3 is 29.9 Å². The van der Waals surface area contributed by atoms with Gasteiger partial charge in [-0.25, -0.2) is 8.78 Å². The Morgan fingerprint density at radius 3 is 2.45 bits per heavy atom. The number of fused-ring (bicyclic) bond motifs is 15. The van der Waals surface area contributed by atoms with Gasteiger partial charge in [-0.15, -0.1) is 5.10 Å². The molecular formula is C34H41F2N7O6. The Morgan fingerprint density at radius 2 is 1.67 bits per heavy atom. The largest absolute Gasteiger partial charge is 0.377 e. The number of carbonyl (C=O) groups is 4. The number of halogens is 2. The summed E-state index contributed by atoms with van der Waals surface area (Å²) >= 11 is 0. The number of hydrogen-bond acceptors (Lipinski definition) is 8. The van der Waals surface area contributed by atoms with E-state index < -0.39 is 17.6 Å². The molecule has 15 heteroatoms. The van der Waals surface area contributed by atoms with Crippen LogP contribution in [0.2, 0.25) is 0 Å². The molecule has 6 rings (SSSR count). The Hall–Kier alpha value is -4.76. The molecular weight excluding hydrogens is 640 g/mol. The maximum absolute atomic E-state index is 13.7. The Morgan fingerprint density at radius 1 is 0.939 bits per heavy atom. The summed E-state index contributed by atoms with van der Waals surface area (Å²) < 4.78 is 39.4. The Balaban J connectivity index is 1.25. The van der Waals surface area contributed by atoms with E-state index in [1.54, 1.807) is 27.9 Å². The minimum atomic E-state index is -0.460. The zero-order chi connectivity index (χ0) is 34.6. The SMILES string of the molecule is O=C1C[C@H]2CCN(C[C@@H]2CCn2cc(-c3ccc(F)cc3)nn2)C(=O)CN(CCNC(=O)c2ccc(F)cc2)C(=O)COCCOCCN1. The molecule has 1 aromatic heterocycles. The van der Waals surface area contributed by atoms with Crippen molar-refractivity contribution >= 4 is 23.6 Å². The van der Waals surface area contributed by atoms with E-state index in [0.717, 1.165) is 5.56 Å². The van der Waals surface area contributed by atoms with Crippen LogP contribution in [0.1, 0.15) is 29.6 Å². The third-order valence-electron chi connectivity index (χ3n) is 8.72. The Bertz CT molecular complexity index is 1570. The lowest BCUT2D eigenvalue weighted by atomic mass is 9.81. The number of carbonyl (C=O) groups excluding carboxylic acids is 4. The van der Waals surface area contributed by atoms with Crippen molar-refractivity contribution in [2.45, 2.75) is 25.8 Å². The standard InChI is InChI=1S/C34H41F2N7O6/c35-28-5-1-24(2-6-28)30-21-43(40-39-30)14-10-27-20-41-13-9-26(27)19-31(44)37-12-16-48-17-18-49-23-33(46)42(22-32(41)45)15-11-38-34(47)25-3-7-29(36)8-4-25/h1-8,21,26-27H,9-20,22-23H2,(H,37,44)(H,38,47)/t26-,27+/m1/s1. The van der Waals surface area contributed by atoms with Crippen molar-refractivity contribution in [1.29, 1.82) is 0 Å². The van der Waals surface area contributed by atoms with Gasteiger partial charge >= 0.3 is 0 Å². The Labute approximate surface area is 282 Å². The molecule has 0 unspecified atom stereocenters. The number of nitrogens with one attached hydrogen (secondary N) is 2. The minimum absolute atomic E-state index is 0.0109. The summed E-state index contributed by atoms with van der Waals surface area (Å²) in [6, 6.07) is 11.1. The molecule has 262 valence electrons. The molecule has 0 saturated carbocycles. The van der Waals surface area contributed by atoms with Gasteiger partial charge in [-0.1, -0.05) is 5.21 Å². The van der Waals surface area contributed by atoms with E-state index in [2.05, 4.69) is 20.9 Å². The molecule has 2 bridgehead atoms. The van der Waals surface area contributed by atoms with Crippen LogP contribution in [0, 0.1) is 23.5 Å². The first-order chi connectivity index (χ1) is 23.7. The van der Waals surface area contributed by atoms with E-state index in [-0.39, 0.29) is 74.5 Å². The van der Waals surface area contributed by atoms with Gasteiger partial charge in [-0.2, -0.15) is 0 Å². The molecule has 4 amide bonds. The third-order valence-corrected chi connectivity index (χ3v) is 8.72. The zero-order valence-electron chi connectivity index (χ0n) is 27.2. The van der Waals surface area contributed by atoms with Crippen LogP contribution in [0.5, 0.6) is 0 Å². The minimum Gasteiger partial charge on any atom is -0.377 e. The second-order valence-corrected chi connectivity index (χ2v) is 12.1. The van der Waals surface area contributed by atoms with Gasteiger partial charge in [0.1, 0.15) is 23.9 Å². The first-order valence-electron chi connectivity index (χ1n) is 16.4. The summed E-state index contributed by atoms with van der Waals surface area (Å²) in [6.07, 6.45) is 3.30. The van der Waals surface area contributed by atoms with Crippen LogP contribution < -0.4 is 10.6 Å². The third kappa shape index (κ3) is 10.6. The molecule has 49 heavy (non-hydrogen) atoms. The van der Waals surface area contributed by atoms with E-state index in [4.69, 9.17) is 9.47 Å². The van der Waals surface area contributed by atoms with Gasteiger partial charge in [-0.05, 0) is 73.2 Å². The molecule has 0 radical (unpaired) electrons. The van der Waals surface area contributed by atoms with E-state index >= 15 is 0 Å². The summed E-state index contributed by atoms with van der Waals surface area (Å²) in [5.74, 6) is -2.01. The summed E-state index contributed by atoms with van der Waals surface area (Å²) in [7, 11) is 0. The summed E-state index contributed by atoms with van der Waals surface area (Å²) in [4.78, 5) is 55.3. The van der Waals surface area contributed by atoms with Crippen molar-refractivity contribution in [2.24, 2.45) is 11.8 Å². The lowest BCUT2D eigenvalue weighted by molar-refractivity contribution is -0.145. The highest BCUT2D eigenvalue weighted by Crippen LogP contribution is 2.30. The van der Waals surface area contributed by atoms with Crippen LogP contribution in [0.15, 0.2) is 54.7 Å². The summed E-state index contributed by atoms with van der Waals surface area (Å²) in [6.45, 7) is 1.93. The molecule has 3 fully saturated rings. The van der Waals surface area contributed by atoms with E-state index in [9.17, 15) is 28.0 Å². The molecule has 2 N–H and O–H groups in total. The first kappa shape index (κ1) is 35.5. The number of hydrogen-bond donors (Lipinski definition) is 2. The zero-order valence-corrected chi connectivity index (χ0v) is 27.2. The molecule has 4 heterocycles. The molecule has 3 saturated heterocycles. The number of piperidine rings is 1. The number of rotatable bonds is 8. The van der Waals surface area contributed by atoms with Crippen LogP contribution >= 0.6 is 0 Å². The molecule has 0 aliphatic carbocycles. The average molecular weight is 682 g/mol. The predicted octanol–water partition coefficient (Wildman–Crippen LogP) is 1.89. The predicted molar refractivity (Wildman–Crippen MR) is 173 cm³/mol. The highest BCUT2D eigenvalue weighted by Gasteiger charge is 2.33. The molecule has 0 spiro atoms. The maximum atomic E-state index is 13.7. The lowest BCUT2D eigenvalue weighted by Crippen LogP contribution is -2.51. The fourth-order valence-electron chi connectivity index (χ4n) is 5.97. The number of aryl methyl sites for hydroxylation is 1. The molecule has 3 aliphatic heterocycles. The van der Waals surface area contributed by atoms with Crippen LogP contribution in [0.3, 0.4) is 0 Å². The molecule has 3 aromatic rings. The smallest absolute Gasteiger partial charge is 0.251 e. The van der Waals surface area contributed by atoms with E-state index in [0.29, 0.717) is 57.7 Å². The monoisotopic (exact) mass is 681 g/mol. The molecule has 2 aromatic carbocycles. The highest BCUT2D eigenvalue weighted by molar-refractivity contribution is 5.94. The first-order valence-corrected chi connectivity index (χ1v) is 16.4. The maximum Gasteiger partial charge on any atom is 0.251 e. The lowest BCUT2D eigenvalue weighted by Gasteiger charge is -2.39. The van der Waals surface area contributed by atoms with Crippen molar-refractivity contribution in [1.82, 2.24) is 35.4 Å². The molecule has 3 aliphatic rings. The quantitative estimate of drug-likeness (QED) is 0.343. The van der Waals surface area contributed by atoms with Crippen LogP contribution in [-0.4, -0.2) is 114 Å². The fourth-order valence-corrected chi connectivity index (χ4v) is 5.97. The van der Waals surface area contributed by atoms with Gasteiger partial charge in [0.15, 0.2) is 0 Å². The summed E-state index contributed by atoms with van der Waals surface area (Å²) in [5, 5.41) is 14.1. The Kier molecular flexibility index (Phi) is 12.8. The van der Waals surface area contributed by atoms with Crippen molar-refractivity contribution in [3.05, 3.63) is 71.9 Å². The highest BCUT2D eigenvalue weighted by atomic mass is 19.1. The number of nitrogens with zero attached hydrogens (tertiary/aromatic N) is 5. The average Bonchev–Trinajstić information content (AvgIpc) is 3.57. The van der Waals surface area contributed by atoms with Crippen molar-refractivity contribution < 1.29 is 37.4 Å². The van der Waals surface area contributed by atoms with Crippen LogP contribution in [0.25, 0.3) is 11.3 Å². The van der Waals surface area contributed by atoms with Gasteiger partial charge in [-0.3, -0.25) is 23.9 Å². The number of benzene rings is 2. The molecule has 13 nitrogen and oxygen atoms in total. The number of aromatic nitrogens is 3. The molecule has 2 atom stereocenters. The topological polar surface area (TPSA) is 148 Å². The second-order valence-electron chi connectivity index (χ2n) is 12.1. The van der Waals surface area contributed by atoms with Gasteiger partial charge in [0.2, 0.25) is 17.7 Å². The van der Waals surface area contributed by atoms with Gasteiger partial charge in [0.05, 0.1) is 32.6 Å². The van der Waals surface area contributed by atoms with E-state index in [1.165, 1.54) is 41.3 Å². The van der Waals surface area contributed by atoms with Crippen molar-refractivity contribution in [3.8, 4) is 11.3 Å². The van der Waals surface area contributed by atoms with Crippen molar-refractivity contribution in [3.63, 3.8) is 0 Å². The van der Waals surface area contributed by atoms with Gasteiger partial charge in [0, 0.05) is 56.8 Å². The van der Waals surface area contributed by atoms with Crippen LogP contribution in [0.4, 0.5) is 8.78 Å². The number of ether oxygens (including phenoxy) is 2. The second kappa shape index (κ2) is 17.6. The van der Waals surface area contributed by atoms with E-state index in [1.807, 2.05) is 0 Å². The van der Waals surface area contributed by atoms with Crippen molar-refractivity contribution in [2.75, 3.05) is 65.7 Å². The fraction of sp³-hybridized carbons (Fsp3) is 0.471. The van der Waals surface area contributed by atoms with Crippen LogP contribution in [-0.2, 0) is 30.4 Å². The number of amides is 4. The summed E-state index contributed by atoms with van der Waals surface area (Å²) in [5.41, 5.74) is 1.61.